The molecule has 0 radical (unpaired) electrons. The van der Waals surface area contributed by atoms with E-state index in [1.807, 2.05) is 16.8 Å². The summed E-state index contributed by atoms with van der Waals surface area (Å²) in [7, 11) is 3.33. The Hall–Kier alpha value is -3.02. The number of nitrogens with zero attached hydrogens (tertiary/aromatic N) is 3. The maximum absolute atomic E-state index is 5.68. The van der Waals surface area contributed by atoms with E-state index in [0.29, 0.717) is 0 Å². The minimum atomic E-state index is 0.000379. The molecule has 0 bridgehead atoms. The maximum Gasteiger partial charge on any atom is 0.222 e. The van der Waals surface area contributed by atoms with Crippen molar-refractivity contribution in [1.82, 2.24) is 14.8 Å². The molecule has 2 aromatic carbocycles. The molecular formula is C21H24N4O2. The third-order valence-corrected chi connectivity index (χ3v) is 5.36. The first-order valence-corrected chi connectivity index (χ1v) is 9.06. The third-order valence-electron chi connectivity index (χ3n) is 5.36. The Kier molecular flexibility index (Phi) is 4.48. The van der Waals surface area contributed by atoms with Crippen molar-refractivity contribution in [1.29, 1.82) is 0 Å². The fraction of sp³-hybridized carbons (Fsp3) is 0.333. The first-order chi connectivity index (χ1) is 13.1. The Morgan fingerprint density at radius 2 is 1.93 bits per heavy atom. The standard InChI is InChI=1S/C21H24N4O2/c1-13-8-9-15(10-14(13)2)17-11-18(25-21(24-17)22-12-23-25)16-6-5-7-19(26-3)20(16)27-4/h5-10,12,17-18H,11H2,1-4H3,(H,22,23,24)/t17-,18+/m1/s1. The summed E-state index contributed by atoms with van der Waals surface area (Å²) in [5.74, 6) is 2.23. The van der Waals surface area contributed by atoms with Gasteiger partial charge in [0.2, 0.25) is 5.95 Å². The topological polar surface area (TPSA) is 61.2 Å². The molecule has 1 aliphatic rings. The second-order valence-electron chi connectivity index (χ2n) is 6.90. The maximum atomic E-state index is 5.68. The zero-order valence-electron chi connectivity index (χ0n) is 16.1. The summed E-state index contributed by atoms with van der Waals surface area (Å²) in [5.41, 5.74) is 4.87. The summed E-state index contributed by atoms with van der Waals surface area (Å²) in [5, 5.41) is 7.97. The fourth-order valence-electron chi connectivity index (χ4n) is 3.75. The van der Waals surface area contributed by atoms with E-state index in [9.17, 15) is 0 Å². The van der Waals surface area contributed by atoms with Crippen molar-refractivity contribution < 1.29 is 9.47 Å². The number of anilines is 1. The number of methoxy groups -OCH3 is 2. The van der Waals surface area contributed by atoms with E-state index >= 15 is 0 Å². The van der Waals surface area contributed by atoms with Crippen molar-refractivity contribution in [3.8, 4) is 11.5 Å². The molecule has 0 amide bonds. The number of aromatic nitrogens is 3. The average molecular weight is 364 g/mol. The van der Waals surface area contributed by atoms with Gasteiger partial charge in [0.15, 0.2) is 11.5 Å². The van der Waals surface area contributed by atoms with Gasteiger partial charge in [0, 0.05) is 5.56 Å². The van der Waals surface area contributed by atoms with Crippen LogP contribution in [-0.2, 0) is 0 Å². The molecule has 0 saturated heterocycles. The molecule has 140 valence electrons. The number of ether oxygens (including phenoxy) is 2. The van der Waals surface area contributed by atoms with E-state index in [1.165, 1.54) is 16.7 Å². The van der Waals surface area contributed by atoms with Gasteiger partial charge >= 0.3 is 0 Å². The van der Waals surface area contributed by atoms with Crippen LogP contribution in [0.2, 0.25) is 0 Å². The monoisotopic (exact) mass is 364 g/mol. The van der Waals surface area contributed by atoms with Gasteiger partial charge in [-0.15, -0.1) is 0 Å². The quantitative estimate of drug-likeness (QED) is 0.756. The summed E-state index contributed by atoms with van der Waals surface area (Å²) in [4.78, 5) is 4.41. The third kappa shape index (κ3) is 3.01. The first kappa shape index (κ1) is 17.4. The highest BCUT2D eigenvalue weighted by atomic mass is 16.5. The van der Waals surface area contributed by atoms with Gasteiger partial charge in [-0.05, 0) is 43.0 Å². The van der Waals surface area contributed by atoms with E-state index in [-0.39, 0.29) is 12.1 Å². The van der Waals surface area contributed by atoms with Crippen molar-refractivity contribution in [3.63, 3.8) is 0 Å². The van der Waals surface area contributed by atoms with Crippen LogP contribution < -0.4 is 14.8 Å². The molecule has 1 aromatic heterocycles. The lowest BCUT2D eigenvalue weighted by Gasteiger charge is -2.32. The number of para-hydroxylation sites is 1. The predicted molar refractivity (Wildman–Crippen MR) is 105 cm³/mol. The molecule has 3 aromatic rings. The van der Waals surface area contributed by atoms with Crippen LogP contribution in [0.5, 0.6) is 11.5 Å². The largest absolute Gasteiger partial charge is 0.493 e. The van der Waals surface area contributed by atoms with Crippen LogP contribution in [0.4, 0.5) is 5.95 Å². The van der Waals surface area contributed by atoms with Crippen molar-refractivity contribution in [3.05, 3.63) is 65.0 Å². The van der Waals surface area contributed by atoms with Gasteiger partial charge in [-0.3, -0.25) is 0 Å². The Bertz CT molecular complexity index is 967. The van der Waals surface area contributed by atoms with E-state index < -0.39 is 0 Å². The molecule has 4 rings (SSSR count). The number of nitrogens with one attached hydrogen (secondary N) is 1. The molecule has 0 fully saturated rings. The second-order valence-corrected chi connectivity index (χ2v) is 6.90. The van der Waals surface area contributed by atoms with Gasteiger partial charge in [0.25, 0.3) is 0 Å². The molecule has 1 N–H and O–H groups in total. The van der Waals surface area contributed by atoms with Gasteiger partial charge in [0.1, 0.15) is 6.33 Å². The van der Waals surface area contributed by atoms with Crippen LogP contribution in [0.1, 0.15) is 40.8 Å². The summed E-state index contributed by atoms with van der Waals surface area (Å²) in [6, 6.07) is 12.7. The van der Waals surface area contributed by atoms with E-state index in [2.05, 4.69) is 53.5 Å². The molecular weight excluding hydrogens is 340 g/mol. The van der Waals surface area contributed by atoms with E-state index in [0.717, 1.165) is 29.4 Å². The average Bonchev–Trinajstić information content (AvgIpc) is 3.17. The van der Waals surface area contributed by atoms with Crippen molar-refractivity contribution in [2.24, 2.45) is 0 Å². The molecule has 6 heteroatoms. The summed E-state index contributed by atoms with van der Waals surface area (Å²) in [6.45, 7) is 4.28. The van der Waals surface area contributed by atoms with Crippen molar-refractivity contribution in [2.75, 3.05) is 19.5 Å². The molecule has 6 nitrogen and oxygen atoms in total. The molecule has 2 atom stereocenters. The SMILES string of the molecule is COc1cccc([C@@H]2C[C@H](c3ccc(C)c(C)c3)Nc3ncnn32)c1OC. The molecule has 0 spiro atoms. The van der Waals surface area contributed by atoms with Crippen LogP contribution in [0.25, 0.3) is 0 Å². The van der Waals surface area contributed by atoms with Crippen molar-refractivity contribution >= 4 is 5.95 Å². The Morgan fingerprint density at radius 3 is 2.67 bits per heavy atom. The zero-order valence-corrected chi connectivity index (χ0v) is 16.1. The number of aryl methyl sites for hydroxylation is 2. The number of fused-ring (bicyclic) bond motifs is 1. The molecule has 0 saturated carbocycles. The molecule has 2 heterocycles. The summed E-state index contributed by atoms with van der Waals surface area (Å²) in [6.07, 6.45) is 2.42. The molecule has 0 unspecified atom stereocenters. The number of benzene rings is 2. The van der Waals surface area contributed by atoms with Gasteiger partial charge < -0.3 is 14.8 Å². The van der Waals surface area contributed by atoms with Gasteiger partial charge in [-0.2, -0.15) is 10.1 Å². The Morgan fingerprint density at radius 1 is 1.07 bits per heavy atom. The van der Waals surface area contributed by atoms with Crippen LogP contribution in [0, 0.1) is 13.8 Å². The summed E-state index contributed by atoms with van der Waals surface area (Å²) >= 11 is 0. The Labute approximate surface area is 159 Å². The molecule has 1 aliphatic heterocycles. The molecule has 0 aliphatic carbocycles. The van der Waals surface area contributed by atoms with Gasteiger partial charge in [-0.1, -0.05) is 30.3 Å². The molecule has 27 heavy (non-hydrogen) atoms. The normalized spacial score (nSPS) is 18.5. The second kappa shape index (κ2) is 6.95. The van der Waals surface area contributed by atoms with Crippen LogP contribution >= 0.6 is 0 Å². The number of rotatable bonds is 4. The van der Waals surface area contributed by atoms with Gasteiger partial charge in [0.05, 0.1) is 26.3 Å². The number of hydrogen-bond acceptors (Lipinski definition) is 5. The van der Waals surface area contributed by atoms with Crippen LogP contribution in [0.15, 0.2) is 42.7 Å². The highest BCUT2D eigenvalue weighted by molar-refractivity contribution is 5.50. The lowest BCUT2D eigenvalue weighted by molar-refractivity contribution is 0.340. The van der Waals surface area contributed by atoms with Gasteiger partial charge in [-0.25, -0.2) is 4.68 Å². The predicted octanol–water partition coefficient (Wildman–Crippen LogP) is 4.06. The zero-order chi connectivity index (χ0) is 19.0. The van der Waals surface area contributed by atoms with E-state index in [4.69, 9.17) is 9.47 Å². The lowest BCUT2D eigenvalue weighted by atomic mass is 9.91. The van der Waals surface area contributed by atoms with Crippen molar-refractivity contribution in [2.45, 2.75) is 32.4 Å². The number of hydrogen-bond donors (Lipinski definition) is 1. The highest BCUT2D eigenvalue weighted by Crippen LogP contribution is 2.43. The fourth-order valence-corrected chi connectivity index (χ4v) is 3.75. The lowest BCUT2D eigenvalue weighted by Crippen LogP contribution is -2.28. The Balaban J connectivity index is 1.78. The van der Waals surface area contributed by atoms with Crippen LogP contribution in [-0.4, -0.2) is 29.0 Å². The van der Waals surface area contributed by atoms with Crippen LogP contribution in [0.3, 0.4) is 0 Å². The smallest absolute Gasteiger partial charge is 0.222 e. The minimum absolute atomic E-state index is 0.000379. The van der Waals surface area contributed by atoms with E-state index in [1.54, 1.807) is 20.5 Å². The highest BCUT2D eigenvalue weighted by Gasteiger charge is 2.32. The first-order valence-electron chi connectivity index (χ1n) is 9.06. The summed E-state index contributed by atoms with van der Waals surface area (Å²) < 4.78 is 13.1. The minimum Gasteiger partial charge on any atom is -0.493 e.